The second kappa shape index (κ2) is 5.48. The Bertz CT molecular complexity index is 456. The lowest BCUT2D eigenvalue weighted by Crippen LogP contribution is -2.38. The normalized spacial score (nSPS) is 15.6. The van der Waals surface area contributed by atoms with Crippen molar-refractivity contribution < 1.29 is 4.79 Å². The van der Waals surface area contributed by atoms with Gasteiger partial charge in [0.2, 0.25) is 0 Å². The van der Waals surface area contributed by atoms with Crippen LogP contribution in [-0.2, 0) is 0 Å². The van der Waals surface area contributed by atoms with Gasteiger partial charge in [-0.2, -0.15) is 0 Å². The lowest BCUT2D eigenvalue weighted by Gasteiger charge is -2.27. The van der Waals surface area contributed by atoms with Crippen LogP contribution < -0.4 is 11.1 Å². The van der Waals surface area contributed by atoms with Crippen LogP contribution in [-0.4, -0.2) is 24.0 Å². The Morgan fingerprint density at radius 3 is 2.67 bits per heavy atom. The van der Waals surface area contributed by atoms with Crippen molar-refractivity contribution >= 4 is 29.0 Å². The first-order valence-corrected chi connectivity index (χ1v) is 6.57. The lowest BCUT2D eigenvalue weighted by atomic mass is 10.1. The van der Waals surface area contributed by atoms with Crippen LogP contribution in [0.5, 0.6) is 0 Å². The smallest absolute Gasteiger partial charge is 0.321 e. The molecule has 98 valence electrons. The van der Waals surface area contributed by atoms with Crippen molar-refractivity contribution in [2.24, 2.45) is 0 Å². The fourth-order valence-electron chi connectivity index (χ4n) is 2.13. The molecule has 2 amide bonds. The van der Waals surface area contributed by atoms with Gasteiger partial charge < -0.3 is 16.0 Å². The first-order chi connectivity index (χ1) is 8.58. The van der Waals surface area contributed by atoms with Gasteiger partial charge in [0.1, 0.15) is 0 Å². The van der Waals surface area contributed by atoms with Gasteiger partial charge in [0.15, 0.2) is 0 Å². The zero-order chi connectivity index (χ0) is 13.1. The van der Waals surface area contributed by atoms with E-state index in [0.29, 0.717) is 10.7 Å². The zero-order valence-electron chi connectivity index (χ0n) is 10.5. The molecule has 0 radical (unpaired) electrons. The summed E-state index contributed by atoms with van der Waals surface area (Å²) in [5.41, 5.74) is 7.89. The van der Waals surface area contributed by atoms with Gasteiger partial charge in [-0.3, -0.25) is 0 Å². The number of rotatable bonds is 1. The highest BCUT2D eigenvalue weighted by molar-refractivity contribution is 6.33. The van der Waals surface area contributed by atoms with Crippen LogP contribution in [0.3, 0.4) is 0 Å². The molecule has 1 aromatic carbocycles. The van der Waals surface area contributed by atoms with Crippen molar-refractivity contribution in [3.63, 3.8) is 0 Å². The predicted molar refractivity (Wildman–Crippen MR) is 75.0 cm³/mol. The van der Waals surface area contributed by atoms with Crippen LogP contribution in [0, 0.1) is 6.92 Å². The summed E-state index contributed by atoms with van der Waals surface area (Å²) in [6.45, 7) is 3.56. The number of nitrogen functional groups attached to an aromatic ring is 1. The average Bonchev–Trinajstić information content (AvgIpc) is 2.37. The molecule has 0 atom stereocenters. The molecule has 0 aromatic heterocycles. The molecular formula is C13H18ClN3O. The number of anilines is 2. The molecule has 4 nitrogen and oxygen atoms in total. The first kappa shape index (κ1) is 13.0. The number of piperidine rings is 1. The largest absolute Gasteiger partial charge is 0.398 e. The van der Waals surface area contributed by atoms with Crippen molar-refractivity contribution in [1.29, 1.82) is 0 Å². The molecular weight excluding hydrogens is 250 g/mol. The van der Waals surface area contributed by atoms with Gasteiger partial charge in [0, 0.05) is 18.8 Å². The number of nitrogens with one attached hydrogen (secondary N) is 1. The molecule has 0 saturated carbocycles. The lowest BCUT2D eigenvalue weighted by molar-refractivity contribution is 0.200. The molecule has 0 bridgehead atoms. The topological polar surface area (TPSA) is 58.4 Å². The van der Waals surface area contributed by atoms with Crippen LogP contribution in [0.25, 0.3) is 0 Å². The SMILES string of the molecule is Cc1cc(N)c(Cl)cc1NC(=O)N1CCCCC1. The molecule has 1 aromatic rings. The van der Waals surface area contributed by atoms with E-state index >= 15 is 0 Å². The summed E-state index contributed by atoms with van der Waals surface area (Å²) in [6.07, 6.45) is 3.36. The van der Waals surface area contributed by atoms with E-state index in [2.05, 4.69) is 5.32 Å². The number of nitrogens with two attached hydrogens (primary N) is 1. The summed E-state index contributed by atoms with van der Waals surface area (Å²) in [5.74, 6) is 0. The number of nitrogens with zero attached hydrogens (tertiary/aromatic N) is 1. The Labute approximate surface area is 112 Å². The minimum Gasteiger partial charge on any atom is -0.398 e. The number of hydrogen-bond acceptors (Lipinski definition) is 2. The number of amides is 2. The quantitative estimate of drug-likeness (QED) is 0.768. The fraction of sp³-hybridized carbons (Fsp3) is 0.462. The Hall–Kier alpha value is -1.42. The van der Waals surface area contributed by atoms with Crippen molar-refractivity contribution in [3.8, 4) is 0 Å². The highest BCUT2D eigenvalue weighted by Gasteiger charge is 2.17. The molecule has 1 aliphatic rings. The van der Waals surface area contributed by atoms with Gasteiger partial charge in [-0.15, -0.1) is 0 Å². The van der Waals surface area contributed by atoms with E-state index in [-0.39, 0.29) is 6.03 Å². The van der Waals surface area contributed by atoms with Crippen LogP contribution in [0.1, 0.15) is 24.8 Å². The van der Waals surface area contributed by atoms with Gasteiger partial charge in [-0.25, -0.2) is 4.79 Å². The van der Waals surface area contributed by atoms with E-state index in [0.717, 1.165) is 37.2 Å². The highest BCUT2D eigenvalue weighted by Crippen LogP contribution is 2.27. The number of aryl methyl sites for hydroxylation is 1. The van der Waals surface area contributed by atoms with Crippen molar-refractivity contribution in [1.82, 2.24) is 4.90 Å². The van der Waals surface area contributed by atoms with E-state index in [1.807, 2.05) is 11.8 Å². The third kappa shape index (κ3) is 2.88. The maximum absolute atomic E-state index is 12.1. The molecule has 1 fully saturated rings. The summed E-state index contributed by atoms with van der Waals surface area (Å²) < 4.78 is 0. The summed E-state index contributed by atoms with van der Waals surface area (Å²) in [5, 5.41) is 3.36. The van der Waals surface area contributed by atoms with E-state index in [1.54, 1.807) is 12.1 Å². The van der Waals surface area contributed by atoms with Crippen molar-refractivity contribution in [2.45, 2.75) is 26.2 Å². The van der Waals surface area contributed by atoms with Gasteiger partial charge in [-0.05, 0) is 43.9 Å². The summed E-state index contributed by atoms with van der Waals surface area (Å²) in [4.78, 5) is 13.9. The Kier molecular flexibility index (Phi) is 3.97. The Balaban J connectivity index is 2.08. The molecule has 1 aliphatic heterocycles. The van der Waals surface area contributed by atoms with E-state index in [9.17, 15) is 4.79 Å². The van der Waals surface area contributed by atoms with Gasteiger partial charge in [0.25, 0.3) is 0 Å². The molecule has 18 heavy (non-hydrogen) atoms. The minimum atomic E-state index is -0.0568. The zero-order valence-corrected chi connectivity index (χ0v) is 11.3. The number of halogens is 1. The number of carbonyl (C=O) groups excluding carboxylic acids is 1. The third-order valence-electron chi connectivity index (χ3n) is 3.23. The molecule has 0 aliphatic carbocycles. The van der Waals surface area contributed by atoms with Gasteiger partial charge in [0.05, 0.1) is 10.7 Å². The standard InChI is InChI=1S/C13H18ClN3O/c1-9-7-11(15)10(14)8-12(9)16-13(18)17-5-3-2-4-6-17/h7-8H,2-6,15H2,1H3,(H,16,18). The molecule has 1 saturated heterocycles. The second-order valence-corrected chi connectivity index (χ2v) is 5.07. The highest BCUT2D eigenvalue weighted by atomic mass is 35.5. The number of hydrogen-bond donors (Lipinski definition) is 2. The summed E-state index contributed by atoms with van der Waals surface area (Å²) >= 11 is 5.97. The molecule has 2 rings (SSSR count). The Morgan fingerprint density at radius 2 is 2.00 bits per heavy atom. The number of urea groups is 1. The van der Waals surface area contributed by atoms with Gasteiger partial charge in [-0.1, -0.05) is 11.6 Å². The van der Waals surface area contributed by atoms with E-state index < -0.39 is 0 Å². The third-order valence-corrected chi connectivity index (χ3v) is 3.56. The maximum Gasteiger partial charge on any atom is 0.321 e. The predicted octanol–water partition coefficient (Wildman–Crippen LogP) is 3.25. The van der Waals surface area contributed by atoms with E-state index in [4.69, 9.17) is 17.3 Å². The Morgan fingerprint density at radius 1 is 1.33 bits per heavy atom. The first-order valence-electron chi connectivity index (χ1n) is 6.19. The monoisotopic (exact) mass is 267 g/mol. The summed E-state index contributed by atoms with van der Waals surface area (Å²) in [7, 11) is 0. The number of carbonyl (C=O) groups is 1. The number of likely N-dealkylation sites (tertiary alicyclic amines) is 1. The maximum atomic E-state index is 12.1. The van der Waals surface area contributed by atoms with Crippen LogP contribution in [0.4, 0.5) is 16.2 Å². The molecule has 1 heterocycles. The van der Waals surface area contributed by atoms with Crippen LogP contribution in [0.15, 0.2) is 12.1 Å². The fourth-order valence-corrected chi connectivity index (χ4v) is 2.29. The summed E-state index contributed by atoms with van der Waals surface area (Å²) in [6, 6.07) is 3.42. The minimum absolute atomic E-state index is 0.0568. The van der Waals surface area contributed by atoms with Crippen LogP contribution >= 0.6 is 11.6 Å². The molecule has 3 N–H and O–H groups in total. The number of benzene rings is 1. The van der Waals surface area contributed by atoms with Crippen molar-refractivity contribution in [2.75, 3.05) is 24.1 Å². The molecule has 5 heteroatoms. The average molecular weight is 268 g/mol. The van der Waals surface area contributed by atoms with Gasteiger partial charge >= 0.3 is 6.03 Å². The molecule has 0 spiro atoms. The molecule has 0 unspecified atom stereocenters. The van der Waals surface area contributed by atoms with Crippen LogP contribution in [0.2, 0.25) is 5.02 Å². The van der Waals surface area contributed by atoms with Crippen molar-refractivity contribution in [3.05, 3.63) is 22.7 Å². The second-order valence-electron chi connectivity index (χ2n) is 4.67. The van der Waals surface area contributed by atoms with E-state index in [1.165, 1.54) is 6.42 Å².